The molecule has 28 heavy (non-hydrogen) atoms. The van der Waals surface area contributed by atoms with Crippen LogP contribution in [0.25, 0.3) is 0 Å². The molecule has 0 aromatic carbocycles. The van der Waals surface area contributed by atoms with E-state index < -0.39 is 5.54 Å². The van der Waals surface area contributed by atoms with Gasteiger partial charge < -0.3 is 10.2 Å². The zero-order chi connectivity index (χ0) is 19.6. The third-order valence-electron chi connectivity index (χ3n) is 6.19. The number of hydrogen-bond acceptors (Lipinski definition) is 5. The molecular formula is C20H28N4O3S. The highest BCUT2D eigenvalue weighted by Gasteiger charge is 2.52. The molecule has 2 aliphatic heterocycles. The van der Waals surface area contributed by atoms with Gasteiger partial charge in [0.15, 0.2) is 0 Å². The molecule has 3 aliphatic rings. The van der Waals surface area contributed by atoms with Crippen molar-refractivity contribution in [2.75, 3.05) is 32.7 Å². The lowest BCUT2D eigenvalue weighted by Crippen LogP contribution is -2.48. The summed E-state index contributed by atoms with van der Waals surface area (Å²) in [6.45, 7) is 4.54. The Bertz CT molecular complexity index is 722. The van der Waals surface area contributed by atoms with E-state index in [0.717, 1.165) is 58.4 Å². The quantitative estimate of drug-likeness (QED) is 0.737. The first-order valence-corrected chi connectivity index (χ1v) is 11.2. The van der Waals surface area contributed by atoms with Crippen molar-refractivity contribution < 1.29 is 14.4 Å². The normalized spacial score (nSPS) is 22.3. The average molecular weight is 405 g/mol. The lowest BCUT2D eigenvalue weighted by Gasteiger charge is -2.34. The van der Waals surface area contributed by atoms with Gasteiger partial charge in [0.1, 0.15) is 5.54 Å². The molecular weight excluding hydrogens is 376 g/mol. The standard InChI is InChI=1S/C20H28N4O3S/c25-17(23-11-9-22(10-12-23)14-16-5-13-28-15-16)4-3-8-24-18(26)20(21-19(24)27)6-1-2-7-20/h5,13,15H,1-4,6-12,14H2,(H,21,27). The first-order chi connectivity index (χ1) is 13.6. The Morgan fingerprint density at radius 3 is 2.57 bits per heavy atom. The lowest BCUT2D eigenvalue weighted by molar-refractivity contribution is -0.134. The molecule has 3 heterocycles. The molecule has 152 valence electrons. The fraction of sp³-hybridized carbons (Fsp3) is 0.650. The van der Waals surface area contributed by atoms with Crippen molar-refractivity contribution in [1.29, 1.82) is 0 Å². The van der Waals surface area contributed by atoms with Crippen molar-refractivity contribution >= 4 is 29.2 Å². The zero-order valence-electron chi connectivity index (χ0n) is 16.2. The highest BCUT2D eigenvalue weighted by molar-refractivity contribution is 7.07. The second kappa shape index (κ2) is 8.21. The van der Waals surface area contributed by atoms with Gasteiger partial charge in [-0.2, -0.15) is 11.3 Å². The summed E-state index contributed by atoms with van der Waals surface area (Å²) >= 11 is 1.71. The third-order valence-corrected chi connectivity index (χ3v) is 6.92. The third kappa shape index (κ3) is 3.93. The number of piperazine rings is 1. The van der Waals surface area contributed by atoms with Crippen molar-refractivity contribution in [1.82, 2.24) is 20.0 Å². The van der Waals surface area contributed by atoms with Crippen LogP contribution in [0.5, 0.6) is 0 Å². The number of nitrogens with one attached hydrogen (secondary N) is 1. The van der Waals surface area contributed by atoms with E-state index in [1.807, 2.05) is 4.90 Å². The molecule has 1 spiro atoms. The van der Waals surface area contributed by atoms with Crippen LogP contribution < -0.4 is 5.32 Å². The molecule has 3 fully saturated rings. The Balaban J connectivity index is 1.19. The monoisotopic (exact) mass is 404 g/mol. The summed E-state index contributed by atoms with van der Waals surface area (Å²) in [6, 6.07) is 1.86. The maximum atomic E-state index is 12.6. The summed E-state index contributed by atoms with van der Waals surface area (Å²) in [4.78, 5) is 42.9. The number of urea groups is 1. The second-order valence-electron chi connectivity index (χ2n) is 8.07. The van der Waals surface area contributed by atoms with Crippen molar-refractivity contribution in [3.8, 4) is 0 Å². The summed E-state index contributed by atoms with van der Waals surface area (Å²) < 4.78 is 0. The Kier molecular flexibility index (Phi) is 5.68. The van der Waals surface area contributed by atoms with E-state index in [9.17, 15) is 14.4 Å². The van der Waals surface area contributed by atoms with Crippen molar-refractivity contribution in [2.45, 2.75) is 50.6 Å². The van der Waals surface area contributed by atoms with Gasteiger partial charge in [-0.05, 0) is 41.7 Å². The van der Waals surface area contributed by atoms with Crippen LogP contribution in [-0.2, 0) is 16.1 Å². The first-order valence-electron chi connectivity index (χ1n) is 10.2. The molecule has 1 aliphatic carbocycles. The number of hydrogen-bond donors (Lipinski definition) is 1. The van der Waals surface area contributed by atoms with Crippen LogP contribution >= 0.6 is 11.3 Å². The van der Waals surface area contributed by atoms with Gasteiger partial charge in [-0.25, -0.2) is 4.79 Å². The minimum atomic E-state index is -0.653. The molecule has 1 N–H and O–H groups in total. The number of rotatable bonds is 6. The van der Waals surface area contributed by atoms with Crippen LogP contribution in [0, 0.1) is 0 Å². The maximum absolute atomic E-state index is 12.6. The van der Waals surface area contributed by atoms with Crippen LogP contribution in [0.4, 0.5) is 4.79 Å². The molecule has 4 amide bonds. The van der Waals surface area contributed by atoms with E-state index in [1.54, 1.807) is 11.3 Å². The minimum absolute atomic E-state index is 0.0931. The van der Waals surface area contributed by atoms with Gasteiger partial charge in [0.05, 0.1) is 0 Å². The van der Waals surface area contributed by atoms with Gasteiger partial charge in [0.25, 0.3) is 5.91 Å². The van der Waals surface area contributed by atoms with Crippen LogP contribution in [-0.4, -0.2) is 70.8 Å². The zero-order valence-corrected chi connectivity index (χ0v) is 17.0. The number of imide groups is 1. The Hall–Kier alpha value is -1.93. The van der Waals surface area contributed by atoms with E-state index in [-0.39, 0.29) is 17.8 Å². The Labute approximate surface area is 169 Å². The van der Waals surface area contributed by atoms with Gasteiger partial charge in [-0.15, -0.1) is 0 Å². The summed E-state index contributed by atoms with van der Waals surface area (Å²) in [5.41, 5.74) is 0.679. The van der Waals surface area contributed by atoms with Gasteiger partial charge in [0, 0.05) is 45.7 Å². The van der Waals surface area contributed by atoms with Crippen LogP contribution in [0.1, 0.15) is 44.1 Å². The predicted molar refractivity (Wildman–Crippen MR) is 107 cm³/mol. The number of nitrogens with zero attached hydrogens (tertiary/aromatic N) is 3. The number of carbonyl (C=O) groups excluding carboxylic acids is 3. The van der Waals surface area contributed by atoms with Gasteiger partial charge >= 0.3 is 6.03 Å². The molecule has 1 aromatic heterocycles. The van der Waals surface area contributed by atoms with Gasteiger partial charge in [0.2, 0.25) is 5.91 Å². The Morgan fingerprint density at radius 1 is 1.14 bits per heavy atom. The molecule has 0 radical (unpaired) electrons. The van der Waals surface area contributed by atoms with Crippen molar-refractivity contribution in [3.63, 3.8) is 0 Å². The molecule has 0 unspecified atom stereocenters. The summed E-state index contributed by atoms with van der Waals surface area (Å²) in [6.07, 6.45) is 4.36. The van der Waals surface area contributed by atoms with Crippen molar-refractivity contribution in [3.05, 3.63) is 22.4 Å². The number of carbonyl (C=O) groups is 3. The van der Waals surface area contributed by atoms with Gasteiger partial charge in [-0.3, -0.25) is 19.4 Å². The smallest absolute Gasteiger partial charge is 0.325 e. The van der Waals surface area contributed by atoms with E-state index in [1.165, 1.54) is 10.5 Å². The maximum Gasteiger partial charge on any atom is 0.325 e. The molecule has 1 saturated carbocycles. The molecule has 0 atom stereocenters. The molecule has 7 nitrogen and oxygen atoms in total. The van der Waals surface area contributed by atoms with Crippen LogP contribution in [0.2, 0.25) is 0 Å². The van der Waals surface area contributed by atoms with E-state index in [2.05, 4.69) is 27.0 Å². The minimum Gasteiger partial charge on any atom is -0.340 e. The van der Waals surface area contributed by atoms with E-state index in [0.29, 0.717) is 19.4 Å². The molecule has 2 saturated heterocycles. The Morgan fingerprint density at radius 2 is 1.89 bits per heavy atom. The topological polar surface area (TPSA) is 73.0 Å². The van der Waals surface area contributed by atoms with Crippen LogP contribution in [0.15, 0.2) is 16.8 Å². The highest BCUT2D eigenvalue weighted by Crippen LogP contribution is 2.35. The summed E-state index contributed by atoms with van der Waals surface area (Å²) in [5, 5.41) is 7.15. The molecule has 0 bridgehead atoms. The summed E-state index contributed by atoms with van der Waals surface area (Å²) in [5.74, 6) is 0.0299. The first kappa shape index (κ1) is 19.4. The second-order valence-corrected chi connectivity index (χ2v) is 8.85. The number of thiophene rings is 1. The number of amides is 4. The summed E-state index contributed by atoms with van der Waals surface area (Å²) in [7, 11) is 0. The largest absolute Gasteiger partial charge is 0.340 e. The van der Waals surface area contributed by atoms with Crippen LogP contribution in [0.3, 0.4) is 0 Å². The molecule has 1 aromatic rings. The fourth-order valence-electron chi connectivity index (χ4n) is 4.54. The highest BCUT2D eigenvalue weighted by atomic mass is 32.1. The predicted octanol–water partition coefficient (Wildman–Crippen LogP) is 2.04. The lowest BCUT2D eigenvalue weighted by atomic mass is 9.98. The average Bonchev–Trinajstić information content (AvgIpc) is 3.41. The fourth-order valence-corrected chi connectivity index (χ4v) is 5.20. The molecule has 4 rings (SSSR count). The molecule has 8 heteroatoms. The van der Waals surface area contributed by atoms with E-state index in [4.69, 9.17) is 0 Å². The SMILES string of the molecule is O=C(CCCN1C(=O)NC2(CCCC2)C1=O)N1CCN(Cc2ccsc2)CC1. The van der Waals surface area contributed by atoms with Gasteiger partial charge in [-0.1, -0.05) is 12.8 Å². The van der Waals surface area contributed by atoms with E-state index >= 15 is 0 Å². The van der Waals surface area contributed by atoms with Crippen molar-refractivity contribution in [2.24, 2.45) is 0 Å².